The lowest BCUT2D eigenvalue weighted by Gasteiger charge is -2.41. The van der Waals surface area contributed by atoms with Gasteiger partial charge in [-0.25, -0.2) is 0 Å². The predicted octanol–water partition coefficient (Wildman–Crippen LogP) is 2.74. The minimum absolute atomic E-state index is 0.567. The molecular formula is C11H23NSi2. The van der Waals surface area contributed by atoms with Crippen molar-refractivity contribution in [2.75, 3.05) is 0 Å². The van der Waals surface area contributed by atoms with E-state index < -0.39 is 16.9 Å². The van der Waals surface area contributed by atoms with Gasteiger partial charge in [0.2, 0.25) is 0 Å². The number of nitrogens with one attached hydrogen (secondary N) is 1. The summed E-state index contributed by atoms with van der Waals surface area (Å²) in [6.45, 7) is 14.9. The first-order valence-corrected chi connectivity index (χ1v) is 11.2. The standard InChI is InChI=1S/C11H23NSi2/c1-11(2,14(4,5)6)13(3)10-8-7-9-12-10/h7-9,12-13H,1-6H3. The van der Waals surface area contributed by atoms with E-state index in [0.717, 1.165) is 0 Å². The quantitative estimate of drug-likeness (QED) is 0.762. The van der Waals surface area contributed by atoms with Crippen molar-refractivity contribution in [3.05, 3.63) is 18.3 Å². The molecular weight excluding hydrogens is 202 g/mol. The van der Waals surface area contributed by atoms with Gasteiger partial charge in [-0.1, -0.05) is 40.0 Å². The van der Waals surface area contributed by atoms with Crippen LogP contribution in [-0.2, 0) is 0 Å². The zero-order valence-corrected chi connectivity index (χ0v) is 12.5. The van der Waals surface area contributed by atoms with Crippen LogP contribution in [0.15, 0.2) is 18.3 Å². The molecule has 0 radical (unpaired) electrons. The number of aromatic amines is 1. The van der Waals surface area contributed by atoms with Gasteiger partial charge >= 0.3 is 0 Å². The summed E-state index contributed by atoms with van der Waals surface area (Å²) in [5.41, 5.74) is 0. The number of rotatable bonds is 3. The maximum Gasteiger partial charge on any atom is 0.0913 e. The summed E-state index contributed by atoms with van der Waals surface area (Å²) in [6, 6.07) is 4.39. The zero-order valence-electron chi connectivity index (χ0n) is 10.3. The largest absolute Gasteiger partial charge is 0.369 e. The SMILES string of the molecule is C[SiH](c1ccc[nH]1)C(C)(C)[Si](C)(C)C. The molecule has 0 aliphatic rings. The Bertz CT molecular complexity index is 283. The smallest absolute Gasteiger partial charge is 0.0913 e. The van der Waals surface area contributed by atoms with Crippen molar-refractivity contribution >= 4 is 22.2 Å². The van der Waals surface area contributed by atoms with E-state index in [2.05, 4.69) is 63.3 Å². The summed E-state index contributed by atoms with van der Waals surface area (Å²) in [4.78, 5) is 3.40. The van der Waals surface area contributed by atoms with Crippen molar-refractivity contribution in [2.24, 2.45) is 0 Å². The molecule has 0 saturated heterocycles. The van der Waals surface area contributed by atoms with Gasteiger partial charge in [0.25, 0.3) is 0 Å². The van der Waals surface area contributed by atoms with Crippen molar-refractivity contribution < 1.29 is 0 Å². The Hall–Kier alpha value is -0.286. The van der Waals surface area contributed by atoms with E-state index in [4.69, 9.17) is 0 Å². The Kier molecular flexibility index (Phi) is 3.12. The van der Waals surface area contributed by atoms with Gasteiger partial charge in [0.15, 0.2) is 0 Å². The summed E-state index contributed by atoms with van der Waals surface area (Å²) in [7, 11) is -1.90. The van der Waals surface area contributed by atoms with Crippen molar-refractivity contribution in [3.63, 3.8) is 0 Å². The molecule has 1 rings (SSSR count). The minimum Gasteiger partial charge on any atom is -0.369 e. The molecule has 0 aromatic carbocycles. The lowest BCUT2D eigenvalue weighted by Crippen LogP contribution is -2.50. The molecule has 0 bridgehead atoms. The van der Waals surface area contributed by atoms with Gasteiger partial charge in [0, 0.05) is 14.3 Å². The third kappa shape index (κ3) is 2.03. The van der Waals surface area contributed by atoms with Crippen molar-refractivity contribution in [3.8, 4) is 0 Å². The third-order valence-corrected chi connectivity index (χ3v) is 15.3. The van der Waals surface area contributed by atoms with E-state index in [-0.39, 0.29) is 0 Å². The van der Waals surface area contributed by atoms with Crippen molar-refractivity contribution in [1.29, 1.82) is 0 Å². The third-order valence-electron chi connectivity index (χ3n) is 4.10. The molecule has 1 N–H and O–H groups in total. The number of hydrogen-bond acceptors (Lipinski definition) is 0. The van der Waals surface area contributed by atoms with Gasteiger partial charge in [0.05, 0.1) is 8.80 Å². The topological polar surface area (TPSA) is 15.8 Å². The molecule has 1 unspecified atom stereocenters. The van der Waals surface area contributed by atoms with E-state index in [9.17, 15) is 0 Å². The van der Waals surface area contributed by atoms with E-state index in [1.165, 1.54) is 5.32 Å². The molecule has 0 fully saturated rings. The number of aromatic nitrogens is 1. The molecule has 14 heavy (non-hydrogen) atoms. The van der Waals surface area contributed by atoms with E-state index >= 15 is 0 Å². The van der Waals surface area contributed by atoms with Crippen LogP contribution in [0.2, 0.25) is 30.8 Å². The molecule has 0 saturated carbocycles. The molecule has 3 heteroatoms. The fourth-order valence-electron chi connectivity index (χ4n) is 1.65. The van der Waals surface area contributed by atoms with Crippen LogP contribution in [0, 0.1) is 0 Å². The van der Waals surface area contributed by atoms with Gasteiger partial charge in [-0.15, -0.1) is 0 Å². The average molecular weight is 225 g/mol. The van der Waals surface area contributed by atoms with Gasteiger partial charge in [-0.05, 0) is 22.1 Å². The normalized spacial score (nSPS) is 15.6. The van der Waals surface area contributed by atoms with Crippen LogP contribution >= 0.6 is 0 Å². The molecule has 0 aliphatic carbocycles. The Morgan fingerprint density at radius 2 is 1.86 bits per heavy atom. The highest BCUT2D eigenvalue weighted by Crippen LogP contribution is 2.38. The summed E-state index contributed by atoms with van der Waals surface area (Å²) in [6.07, 6.45) is 2.05. The Morgan fingerprint density at radius 1 is 1.29 bits per heavy atom. The molecule has 1 nitrogen and oxygen atoms in total. The lowest BCUT2D eigenvalue weighted by atomic mass is 10.5. The first-order valence-electron chi connectivity index (χ1n) is 5.40. The van der Waals surface area contributed by atoms with Gasteiger partial charge in [0.1, 0.15) is 0 Å². The summed E-state index contributed by atoms with van der Waals surface area (Å²) in [5, 5.41) is 1.51. The Morgan fingerprint density at radius 3 is 2.21 bits per heavy atom. The molecule has 80 valence electrons. The van der Waals surface area contributed by atoms with Crippen LogP contribution in [0.3, 0.4) is 0 Å². The maximum atomic E-state index is 3.40. The van der Waals surface area contributed by atoms with Crippen LogP contribution in [0.4, 0.5) is 0 Å². The summed E-state index contributed by atoms with van der Waals surface area (Å²) >= 11 is 0. The first kappa shape index (κ1) is 11.8. The van der Waals surface area contributed by atoms with E-state index in [0.29, 0.717) is 4.66 Å². The first-order chi connectivity index (χ1) is 6.27. The fourth-order valence-corrected chi connectivity index (χ4v) is 8.84. The second-order valence-electron chi connectivity index (χ2n) is 5.82. The molecule has 1 aromatic rings. The molecule has 0 aliphatic heterocycles. The van der Waals surface area contributed by atoms with E-state index in [1.54, 1.807) is 0 Å². The van der Waals surface area contributed by atoms with Crippen LogP contribution in [0.25, 0.3) is 0 Å². The summed E-state index contributed by atoms with van der Waals surface area (Å²) in [5.74, 6) is 0. The Labute approximate surface area is 90.6 Å². The van der Waals surface area contributed by atoms with Crippen LogP contribution in [-0.4, -0.2) is 21.9 Å². The minimum atomic E-state index is -1.06. The highest BCUT2D eigenvalue weighted by molar-refractivity contribution is 6.95. The maximum absolute atomic E-state index is 3.40. The van der Waals surface area contributed by atoms with Gasteiger partial charge in [-0.2, -0.15) is 0 Å². The van der Waals surface area contributed by atoms with Gasteiger partial charge in [-0.3, -0.25) is 0 Å². The summed E-state index contributed by atoms with van der Waals surface area (Å²) < 4.78 is 0.567. The molecule has 0 spiro atoms. The van der Waals surface area contributed by atoms with Crippen LogP contribution in [0.1, 0.15) is 13.8 Å². The van der Waals surface area contributed by atoms with Crippen LogP contribution < -0.4 is 5.32 Å². The van der Waals surface area contributed by atoms with Crippen molar-refractivity contribution in [1.82, 2.24) is 4.98 Å². The van der Waals surface area contributed by atoms with E-state index in [1.807, 2.05) is 0 Å². The fraction of sp³-hybridized carbons (Fsp3) is 0.636. The second kappa shape index (κ2) is 3.70. The highest BCUT2D eigenvalue weighted by Gasteiger charge is 2.40. The highest BCUT2D eigenvalue weighted by atomic mass is 28.4. The predicted molar refractivity (Wildman–Crippen MR) is 70.8 cm³/mol. The lowest BCUT2D eigenvalue weighted by molar-refractivity contribution is 0.887. The monoisotopic (exact) mass is 225 g/mol. The zero-order chi connectivity index (χ0) is 11.0. The molecule has 1 atom stereocenters. The number of H-pyrrole nitrogens is 1. The Balaban J connectivity index is 2.94. The van der Waals surface area contributed by atoms with Gasteiger partial charge < -0.3 is 4.98 Å². The van der Waals surface area contributed by atoms with Crippen molar-refractivity contribution in [2.45, 2.75) is 44.7 Å². The molecule has 1 aromatic heterocycles. The number of hydrogen-bond donors (Lipinski definition) is 1. The average Bonchev–Trinajstić information content (AvgIpc) is 2.52. The molecule has 0 amide bonds. The second-order valence-corrected chi connectivity index (χ2v) is 15.7. The molecule has 1 heterocycles. The van der Waals surface area contributed by atoms with Crippen LogP contribution in [0.5, 0.6) is 0 Å².